The summed E-state index contributed by atoms with van der Waals surface area (Å²) in [6, 6.07) is 14.8. The molecule has 0 saturated heterocycles. The lowest BCUT2D eigenvalue weighted by atomic mass is 9.80. The molecule has 0 aliphatic heterocycles. The number of aliphatic carboxylic acids is 1. The fourth-order valence-electron chi connectivity index (χ4n) is 5.09. The van der Waals surface area contributed by atoms with Crippen LogP contribution in [0.2, 0.25) is 0 Å². The predicted octanol–water partition coefficient (Wildman–Crippen LogP) is 5.97. The number of rotatable bonds is 8. The van der Waals surface area contributed by atoms with Gasteiger partial charge in [-0.15, -0.1) is 0 Å². The Labute approximate surface area is 165 Å². The van der Waals surface area contributed by atoms with Crippen LogP contribution in [0, 0.1) is 11.2 Å². The van der Waals surface area contributed by atoms with E-state index in [9.17, 15) is 9.18 Å². The molecule has 0 atom stereocenters. The largest absolute Gasteiger partial charge is 0.481 e. The van der Waals surface area contributed by atoms with Crippen molar-refractivity contribution in [2.24, 2.45) is 5.41 Å². The van der Waals surface area contributed by atoms with E-state index in [1.165, 1.54) is 12.1 Å². The lowest BCUT2D eigenvalue weighted by molar-refractivity contribution is -0.137. The highest BCUT2D eigenvalue weighted by molar-refractivity contribution is 5.66. The molecule has 0 unspecified atom stereocenters. The second kappa shape index (κ2) is 7.67. The Morgan fingerprint density at radius 3 is 2.18 bits per heavy atom. The average molecular weight is 382 g/mol. The van der Waals surface area contributed by atoms with Crippen LogP contribution in [0.15, 0.2) is 48.5 Å². The molecule has 4 rings (SSSR count). The highest BCUT2D eigenvalue weighted by Crippen LogP contribution is 2.60. The fraction of sp³-hybridized carbons (Fsp3) is 0.458. The average Bonchev–Trinajstić information content (AvgIpc) is 3.24. The summed E-state index contributed by atoms with van der Waals surface area (Å²) in [4.78, 5) is 10.8. The number of hydrogen-bond acceptors (Lipinski definition) is 2. The van der Waals surface area contributed by atoms with Gasteiger partial charge in [-0.05, 0) is 79.2 Å². The maximum atomic E-state index is 13.1. The van der Waals surface area contributed by atoms with Crippen LogP contribution in [0.4, 0.5) is 4.39 Å². The third kappa shape index (κ3) is 4.12. The molecule has 28 heavy (non-hydrogen) atoms. The molecule has 2 bridgehead atoms. The van der Waals surface area contributed by atoms with Gasteiger partial charge in [0.05, 0.1) is 12.2 Å². The van der Waals surface area contributed by atoms with Crippen LogP contribution in [0.1, 0.15) is 56.9 Å². The van der Waals surface area contributed by atoms with Crippen molar-refractivity contribution >= 4 is 5.97 Å². The summed E-state index contributed by atoms with van der Waals surface area (Å²) in [6.45, 7) is 0.606. The van der Waals surface area contributed by atoms with Crippen LogP contribution < -0.4 is 0 Å². The van der Waals surface area contributed by atoms with Crippen molar-refractivity contribution in [3.8, 4) is 11.1 Å². The highest BCUT2D eigenvalue weighted by atomic mass is 19.1. The molecule has 4 heteroatoms. The molecule has 2 aromatic carbocycles. The Bertz CT molecular complexity index is 818. The molecule has 0 amide bonds. The van der Waals surface area contributed by atoms with Crippen LogP contribution in [0.3, 0.4) is 0 Å². The van der Waals surface area contributed by atoms with E-state index < -0.39 is 5.97 Å². The van der Waals surface area contributed by atoms with Gasteiger partial charge >= 0.3 is 5.97 Å². The Balaban J connectivity index is 1.32. The predicted molar refractivity (Wildman–Crippen MR) is 106 cm³/mol. The standard InChI is InChI=1S/C24H27FO3/c25-21-9-7-20(8-10-21)19-5-3-18(4-6-19)16-28-24-14-12-23(17-24,13-15-24)11-1-2-22(26)27/h3-10H,1-2,11-17H2,(H,26,27). The summed E-state index contributed by atoms with van der Waals surface area (Å²) < 4.78 is 19.5. The third-order valence-corrected chi connectivity index (χ3v) is 6.69. The Morgan fingerprint density at radius 1 is 0.964 bits per heavy atom. The van der Waals surface area contributed by atoms with Gasteiger partial charge in [0.2, 0.25) is 0 Å². The minimum atomic E-state index is -0.695. The highest BCUT2D eigenvalue weighted by Gasteiger charge is 2.54. The maximum absolute atomic E-state index is 13.1. The molecule has 2 aliphatic carbocycles. The number of benzene rings is 2. The van der Waals surface area contributed by atoms with Gasteiger partial charge in [0.1, 0.15) is 5.82 Å². The summed E-state index contributed by atoms with van der Waals surface area (Å²) in [7, 11) is 0. The molecule has 2 aromatic rings. The lowest BCUT2D eigenvalue weighted by Crippen LogP contribution is -2.26. The molecule has 148 valence electrons. The first-order valence-corrected chi connectivity index (χ1v) is 10.2. The Hall–Kier alpha value is -2.20. The normalized spacial score (nSPS) is 25.9. The van der Waals surface area contributed by atoms with E-state index >= 15 is 0 Å². The molecule has 0 radical (unpaired) electrons. The first kappa shape index (κ1) is 19.1. The molecule has 3 nitrogen and oxygen atoms in total. The van der Waals surface area contributed by atoms with Gasteiger partial charge in [0.25, 0.3) is 0 Å². The smallest absolute Gasteiger partial charge is 0.303 e. The zero-order valence-electron chi connectivity index (χ0n) is 16.1. The monoisotopic (exact) mass is 382 g/mol. The van der Waals surface area contributed by atoms with E-state index in [4.69, 9.17) is 9.84 Å². The Morgan fingerprint density at radius 2 is 1.57 bits per heavy atom. The van der Waals surface area contributed by atoms with E-state index in [2.05, 4.69) is 24.3 Å². The second-order valence-corrected chi connectivity index (χ2v) is 8.60. The van der Waals surface area contributed by atoms with E-state index in [0.717, 1.165) is 61.6 Å². The van der Waals surface area contributed by atoms with Crippen molar-refractivity contribution in [2.45, 2.75) is 63.6 Å². The van der Waals surface area contributed by atoms with Crippen LogP contribution in [-0.2, 0) is 16.1 Å². The van der Waals surface area contributed by atoms with Crippen LogP contribution in [-0.4, -0.2) is 16.7 Å². The minimum Gasteiger partial charge on any atom is -0.481 e. The minimum absolute atomic E-state index is 0.0150. The van der Waals surface area contributed by atoms with Crippen LogP contribution >= 0.6 is 0 Å². The van der Waals surface area contributed by atoms with Gasteiger partial charge in [0.15, 0.2) is 0 Å². The van der Waals surface area contributed by atoms with Gasteiger partial charge in [-0.3, -0.25) is 4.79 Å². The number of carboxylic acids is 1. The molecule has 0 aromatic heterocycles. The van der Waals surface area contributed by atoms with Crippen molar-refractivity contribution in [3.05, 3.63) is 59.9 Å². The number of fused-ring (bicyclic) bond motifs is 2. The molecule has 2 saturated carbocycles. The Kier molecular flexibility index (Phi) is 5.24. The summed E-state index contributed by atoms with van der Waals surface area (Å²) in [5.74, 6) is -0.917. The van der Waals surface area contributed by atoms with Crippen molar-refractivity contribution in [1.82, 2.24) is 0 Å². The second-order valence-electron chi connectivity index (χ2n) is 8.60. The molecule has 2 aliphatic rings. The van der Waals surface area contributed by atoms with Gasteiger partial charge in [-0.2, -0.15) is 0 Å². The zero-order valence-corrected chi connectivity index (χ0v) is 16.1. The summed E-state index contributed by atoms with van der Waals surface area (Å²) in [5, 5.41) is 8.88. The van der Waals surface area contributed by atoms with Gasteiger partial charge in [0, 0.05) is 6.42 Å². The first-order valence-electron chi connectivity index (χ1n) is 10.2. The molecular formula is C24H27FO3. The molecule has 0 heterocycles. The summed E-state index contributed by atoms with van der Waals surface area (Å²) in [6.07, 6.45) is 7.64. The summed E-state index contributed by atoms with van der Waals surface area (Å²) >= 11 is 0. The summed E-state index contributed by atoms with van der Waals surface area (Å²) in [5.41, 5.74) is 3.52. The van der Waals surface area contributed by atoms with Gasteiger partial charge in [-0.1, -0.05) is 36.4 Å². The van der Waals surface area contributed by atoms with Crippen molar-refractivity contribution in [1.29, 1.82) is 0 Å². The molecular weight excluding hydrogens is 355 g/mol. The van der Waals surface area contributed by atoms with E-state index in [0.29, 0.717) is 12.0 Å². The SMILES string of the molecule is O=C(O)CCCC12CCC(OCc3ccc(-c4ccc(F)cc4)cc3)(CC1)C2. The molecule has 2 fully saturated rings. The van der Waals surface area contributed by atoms with E-state index in [1.54, 1.807) is 12.1 Å². The number of carboxylic acid groups (broad SMARTS) is 1. The van der Waals surface area contributed by atoms with Crippen LogP contribution in [0.25, 0.3) is 11.1 Å². The van der Waals surface area contributed by atoms with Gasteiger partial charge < -0.3 is 9.84 Å². The quantitative estimate of drug-likeness (QED) is 0.612. The van der Waals surface area contributed by atoms with Crippen molar-refractivity contribution in [3.63, 3.8) is 0 Å². The fourth-order valence-corrected chi connectivity index (χ4v) is 5.09. The number of ether oxygens (including phenoxy) is 1. The first-order chi connectivity index (χ1) is 13.5. The number of hydrogen-bond donors (Lipinski definition) is 1. The number of halogens is 1. The van der Waals surface area contributed by atoms with E-state index in [-0.39, 0.29) is 17.8 Å². The third-order valence-electron chi connectivity index (χ3n) is 6.69. The van der Waals surface area contributed by atoms with E-state index in [1.807, 2.05) is 0 Å². The molecule has 0 spiro atoms. The maximum Gasteiger partial charge on any atom is 0.303 e. The van der Waals surface area contributed by atoms with Crippen molar-refractivity contribution in [2.75, 3.05) is 0 Å². The van der Waals surface area contributed by atoms with Crippen molar-refractivity contribution < 1.29 is 19.0 Å². The zero-order chi connectivity index (χ0) is 19.6. The molecule has 1 N–H and O–H groups in total. The topological polar surface area (TPSA) is 46.5 Å². The number of carbonyl (C=O) groups is 1. The lowest BCUT2D eigenvalue weighted by Gasteiger charge is -2.28. The van der Waals surface area contributed by atoms with Gasteiger partial charge in [-0.25, -0.2) is 4.39 Å². The van der Waals surface area contributed by atoms with Crippen LogP contribution in [0.5, 0.6) is 0 Å².